The standard InChI is InChI=1S/C23H19N3O4S/c1-15-11-16(2)13-18(12-15)25(23-24-20-5-3-4-6-21(20)31-23)22(27)14-30-19-9-7-17(8-10-19)26(28)29/h3-13H,14H2,1-2H3. The molecule has 7 nitrogen and oxygen atoms in total. The van der Waals surface area contributed by atoms with Crippen molar-refractivity contribution in [3.8, 4) is 5.75 Å². The fourth-order valence-electron chi connectivity index (χ4n) is 3.27. The third-order valence-electron chi connectivity index (χ3n) is 4.60. The number of anilines is 2. The lowest BCUT2D eigenvalue weighted by Crippen LogP contribution is -2.31. The SMILES string of the molecule is Cc1cc(C)cc(N(C(=O)COc2ccc([N+](=O)[O-])cc2)c2nc3ccccc3s2)c1. The number of nitro groups is 1. The number of amides is 1. The summed E-state index contributed by atoms with van der Waals surface area (Å²) < 4.78 is 6.61. The average Bonchev–Trinajstić information content (AvgIpc) is 3.15. The molecule has 4 aromatic rings. The van der Waals surface area contributed by atoms with Gasteiger partial charge in [0.25, 0.3) is 11.6 Å². The monoisotopic (exact) mass is 433 g/mol. The smallest absolute Gasteiger partial charge is 0.271 e. The van der Waals surface area contributed by atoms with Gasteiger partial charge in [0.2, 0.25) is 0 Å². The topological polar surface area (TPSA) is 85.6 Å². The molecule has 31 heavy (non-hydrogen) atoms. The summed E-state index contributed by atoms with van der Waals surface area (Å²) in [7, 11) is 0. The summed E-state index contributed by atoms with van der Waals surface area (Å²) >= 11 is 1.43. The maximum Gasteiger partial charge on any atom is 0.271 e. The number of ether oxygens (including phenoxy) is 1. The van der Waals surface area contributed by atoms with Crippen LogP contribution in [0.1, 0.15) is 11.1 Å². The minimum atomic E-state index is -0.482. The van der Waals surface area contributed by atoms with Gasteiger partial charge in [-0.1, -0.05) is 29.5 Å². The fourth-order valence-corrected chi connectivity index (χ4v) is 4.27. The van der Waals surface area contributed by atoms with Crippen LogP contribution in [0.4, 0.5) is 16.5 Å². The number of hydrogen-bond acceptors (Lipinski definition) is 6. The molecule has 0 unspecified atom stereocenters. The molecular weight excluding hydrogens is 414 g/mol. The van der Waals surface area contributed by atoms with Crippen LogP contribution in [0.2, 0.25) is 0 Å². The van der Waals surface area contributed by atoms with Crippen molar-refractivity contribution >= 4 is 44.0 Å². The van der Waals surface area contributed by atoms with Crippen LogP contribution in [0, 0.1) is 24.0 Å². The Labute approximate surface area is 182 Å². The summed E-state index contributed by atoms with van der Waals surface area (Å²) in [6.45, 7) is 3.72. The van der Waals surface area contributed by atoms with Crippen LogP contribution in [-0.4, -0.2) is 22.4 Å². The predicted octanol–water partition coefficient (Wildman–Crippen LogP) is 5.57. The molecule has 0 saturated heterocycles. The Morgan fingerprint density at radius 2 is 1.74 bits per heavy atom. The number of nitro benzene ring substituents is 1. The minimum Gasteiger partial charge on any atom is -0.484 e. The van der Waals surface area contributed by atoms with Crippen molar-refractivity contribution < 1.29 is 14.5 Å². The second-order valence-electron chi connectivity index (χ2n) is 7.08. The highest BCUT2D eigenvalue weighted by Gasteiger charge is 2.23. The number of aryl methyl sites for hydroxylation is 2. The summed E-state index contributed by atoms with van der Waals surface area (Å²) in [5.41, 5.74) is 3.57. The van der Waals surface area contributed by atoms with Gasteiger partial charge in [0, 0.05) is 12.1 Å². The van der Waals surface area contributed by atoms with Crippen LogP contribution in [0.15, 0.2) is 66.7 Å². The van der Waals surface area contributed by atoms with E-state index in [1.807, 2.05) is 56.3 Å². The number of non-ortho nitro benzene ring substituents is 1. The van der Waals surface area contributed by atoms with E-state index in [4.69, 9.17) is 4.74 Å². The molecule has 8 heteroatoms. The zero-order chi connectivity index (χ0) is 22.0. The number of thiazole rings is 1. The number of fused-ring (bicyclic) bond motifs is 1. The molecular formula is C23H19N3O4S. The maximum atomic E-state index is 13.3. The zero-order valence-electron chi connectivity index (χ0n) is 16.9. The first-order valence-corrected chi connectivity index (χ1v) is 10.4. The van der Waals surface area contributed by atoms with Crippen LogP contribution in [-0.2, 0) is 4.79 Å². The lowest BCUT2D eigenvalue weighted by Gasteiger charge is -2.21. The number of para-hydroxylation sites is 1. The molecule has 4 rings (SSSR count). The molecule has 3 aromatic carbocycles. The molecule has 0 saturated carbocycles. The van der Waals surface area contributed by atoms with E-state index >= 15 is 0 Å². The Morgan fingerprint density at radius 3 is 2.39 bits per heavy atom. The molecule has 1 heterocycles. The molecule has 0 atom stereocenters. The van der Waals surface area contributed by atoms with Crippen LogP contribution in [0.5, 0.6) is 5.75 Å². The lowest BCUT2D eigenvalue weighted by atomic mass is 10.1. The Bertz CT molecular complexity index is 1210. The number of rotatable bonds is 6. The van der Waals surface area contributed by atoms with E-state index in [-0.39, 0.29) is 18.2 Å². The molecule has 0 aliphatic rings. The average molecular weight is 433 g/mol. The minimum absolute atomic E-state index is 0.0370. The Morgan fingerprint density at radius 1 is 1.06 bits per heavy atom. The molecule has 0 radical (unpaired) electrons. The van der Waals surface area contributed by atoms with Crippen LogP contribution in [0.25, 0.3) is 10.2 Å². The molecule has 0 N–H and O–H groups in total. The van der Waals surface area contributed by atoms with E-state index in [9.17, 15) is 14.9 Å². The van der Waals surface area contributed by atoms with E-state index in [0.717, 1.165) is 21.3 Å². The molecule has 0 aliphatic carbocycles. The van der Waals surface area contributed by atoms with Gasteiger partial charge in [0.1, 0.15) is 5.75 Å². The molecule has 0 bridgehead atoms. The van der Waals surface area contributed by atoms with E-state index < -0.39 is 4.92 Å². The highest BCUT2D eigenvalue weighted by atomic mass is 32.1. The summed E-state index contributed by atoms with van der Waals surface area (Å²) in [5.74, 6) is 0.0889. The summed E-state index contributed by atoms with van der Waals surface area (Å²) in [6.07, 6.45) is 0. The number of carbonyl (C=O) groups excluding carboxylic acids is 1. The largest absolute Gasteiger partial charge is 0.484 e. The van der Waals surface area contributed by atoms with Gasteiger partial charge in [-0.25, -0.2) is 4.98 Å². The molecule has 0 fully saturated rings. The molecule has 156 valence electrons. The highest BCUT2D eigenvalue weighted by molar-refractivity contribution is 7.22. The van der Waals surface area contributed by atoms with E-state index in [1.54, 1.807) is 4.90 Å². The number of aromatic nitrogens is 1. The van der Waals surface area contributed by atoms with Crippen molar-refractivity contribution in [1.82, 2.24) is 4.98 Å². The molecule has 0 aliphatic heterocycles. The van der Waals surface area contributed by atoms with Gasteiger partial charge in [-0.05, 0) is 61.4 Å². The molecule has 1 aromatic heterocycles. The summed E-state index contributed by atoms with van der Waals surface area (Å²) in [4.78, 5) is 29.8. The third kappa shape index (κ3) is 4.54. The fraction of sp³-hybridized carbons (Fsp3) is 0.130. The second kappa shape index (κ2) is 8.53. The first-order chi connectivity index (χ1) is 14.9. The quantitative estimate of drug-likeness (QED) is 0.293. The van der Waals surface area contributed by atoms with Gasteiger partial charge in [0.15, 0.2) is 11.7 Å². The van der Waals surface area contributed by atoms with Crippen molar-refractivity contribution in [3.05, 3.63) is 88.0 Å². The van der Waals surface area contributed by atoms with Crippen molar-refractivity contribution in [1.29, 1.82) is 0 Å². The lowest BCUT2D eigenvalue weighted by molar-refractivity contribution is -0.384. The first kappa shape index (κ1) is 20.5. The Balaban J connectivity index is 1.64. The van der Waals surface area contributed by atoms with E-state index in [1.165, 1.54) is 35.6 Å². The number of hydrogen-bond donors (Lipinski definition) is 0. The molecule has 1 amide bonds. The first-order valence-electron chi connectivity index (χ1n) is 9.55. The molecule has 0 spiro atoms. The van der Waals surface area contributed by atoms with E-state index in [0.29, 0.717) is 16.6 Å². The zero-order valence-corrected chi connectivity index (χ0v) is 17.8. The van der Waals surface area contributed by atoms with Gasteiger partial charge in [-0.15, -0.1) is 0 Å². The van der Waals surface area contributed by atoms with Gasteiger partial charge in [-0.3, -0.25) is 19.8 Å². The second-order valence-corrected chi connectivity index (χ2v) is 8.09. The van der Waals surface area contributed by atoms with Crippen LogP contribution in [0.3, 0.4) is 0 Å². The van der Waals surface area contributed by atoms with Gasteiger partial charge >= 0.3 is 0 Å². The summed E-state index contributed by atoms with van der Waals surface area (Å²) in [6, 6.07) is 19.3. The summed E-state index contributed by atoms with van der Waals surface area (Å²) in [5, 5.41) is 11.4. The highest BCUT2D eigenvalue weighted by Crippen LogP contribution is 2.34. The van der Waals surface area contributed by atoms with Crippen LogP contribution < -0.4 is 9.64 Å². The van der Waals surface area contributed by atoms with Crippen molar-refractivity contribution in [2.75, 3.05) is 11.5 Å². The normalized spacial score (nSPS) is 10.8. The Hall–Kier alpha value is -3.78. The predicted molar refractivity (Wildman–Crippen MR) is 121 cm³/mol. The van der Waals surface area contributed by atoms with Gasteiger partial charge in [0.05, 0.1) is 20.8 Å². The van der Waals surface area contributed by atoms with Crippen LogP contribution >= 0.6 is 11.3 Å². The number of carbonyl (C=O) groups is 1. The van der Waals surface area contributed by atoms with E-state index in [2.05, 4.69) is 4.98 Å². The van der Waals surface area contributed by atoms with Crippen molar-refractivity contribution in [2.45, 2.75) is 13.8 Å². The number of nitrogens with zero attached hydrogens (tertiary/aromatic N) is 3. The maximum absolute atomic E-state index is 13.3. The number of benzene rings is 3. The van der Waals surface area contributed by atoms with Crippen molar-refractivity contribution in [2.24, 2.45) is 0 Å². The van der Waals surface area contributed by atoms with Gasteiger partial charge < -0.3 is 4.74 Å². The van der Waals surface area contributed by atoms with Gasteiger partial charge in [-0.2, -0.15) is 0 Å². The Kier molecular flexibility index (Phi) is 5.64. The van der Waals surface area contributed by atoms with Crippen molar-refractivity contribution in [3.63, 3.8) is 0 Å². The third-order valence-corrected chi connectivity index (χ3v) is 5.62.